The summed E-state index contributed by atoms with van der Waals surface area (Å²) in [6.45, 7) is 28.4. The molecule has 1 rings (SSSR count). The van der Waals surface area contributed by atoms with Gasteiger partial charge in [0.25, 0.3) is 5.91 Å². The van der Waals surface area contributed by atoms with Crippen molar-refractivity contribution in [2.45, 2.75) is 164 Å². The van der Waals surface area contributed by atoms with Crippen LogP contribution in [0.3, 0.4) is 0 Å². The molecule has 296 valence electrons. The Labute approximate surface area is 313 Å². The second-order valence-electron chi connectivity index (χ2n) is 17.2. The van der Waals surface area contributed by atoms with Crippen molar-refractivity contribution in [3.63, 3.8) is 0 Å². The van der Waals surface area contributed by atoms with E-state index in [9.17, 15) is 24.0 Å². The molecule has 0 aliphatic heterocycles. The van der Waals surface area contributed by atoms with Crippen LogP contribution in [0.5, 0.6) is 0 Å². The maximum Gasteiger partial charge on any atom is 0.407 e. The van der Waals surface area contributed by atoms with Crippen molar-refractivity contribution in [1.29, 1.82) is 0 Å². The van der Waals surface area contributed by atoms with E-state index in [1.54, 1.807) is 34.6 Å². The molecular formula is C39H67N3O9Si. The van der Waals surface area contributed by atoms with E-state index in [0.717, 1.165) is 5.56 Å². The van der Waals surface area contributed by atoms with Crippen molar-refractivity contribution in [1.82, 2.24) is 16.0 Å². The summed E-state index contributed by atoms with van der Waals surface area (Å²) in [5.41, 5.74) is 0.0807. The Morgan fingerprint density at radius 3 is 1.83 bits per heavy atom. The highest BCUT2D eigenvalue weighted by Gasteiger charge is 2.43. The number of carbonyl (C=O) groups is 5. The van der Waals surface area contributed by atoms with Crippen LogP contribution in [0.25, 0.3) is 0 Å². The third-order valence-electron chi connectivity index (χ3n) is 8.82. The molecule has 3 amide bonds. The second kappa shape index (κ2) is 20.1. The largest absolute Gasteiger partial charge is 0.459 e. The number of rotatable bonds is 18. The molecule has 0 fully saturated rings. The summed E-state index contributed by atoms with van der Waals surface area (Å²) in [4.78, 5) is 66.4. The quantitative estimate of drug-likeness (QED) is 0.0848. The number of nitrogens with one attached hydrogen (secondary N) is 3. The van der Waals surface area contributed by atoms with Crippen LogP contribution in [0.4, 0.5) is 4.79 Å². The lowest BCUT2D eigenvalue weighted by Crippen LogP contribution is -2.55. The number of alkyl carbamates (subject to hydrolysis) is 1. The van der Waals surface area contributed by atoms with Gasteiger partial charge in [-0.25, -0.2) is 9.59 Å². The van der Waals surface area contributed by atoms with Gasteiger partial charge in [0.2, 0.25) is 5.91 Å². The Hall–Kier alpha value is -3.45. The van der Waals surface area contributed by atoms with Crippen molar-refractivity contribution >= 4 is 38.2 Å². The molecule has 5 atom stereocenters. The van der Waals surface area contributed by atoms with Crippen molar-refractivity contribution < 1.29 is 42.6 Å². The van der Waals surface area contributed by atoms with Crippen molar-refractivity contribution in [3.8, 4) is 0 Å². The number of esters is 2. The molecule has 0 saturated carbocycles. The zero-order valence-corrected chi connectivity index (χ0v) is 35.3. The molecule has 0 unspecified atom stereocenters. The molecule has 52 heavy (non-hydrogen) atoms. The van der Waals surface area contributed by atoms with E-state index in [4.69, 9.17) is 18.6 Å². The van der Waals surface area contributed by atoms with E-state index in [1.807, 2.05) is 58.0 Å². The maximum atomic E-state index is 13.7. The molecular weight excluding hydrogens is 683 g/mol. The van der Waals surface area contributed by atoms with Crippen LogP contribution in [0.1, 0.15) is 108 Å². The standard InChI is InChI=1S/C39H67N3O9Si/c1-24(2)21-29(34(44)40-27(7)36(46)48-23-28-19-17-16-18-20-28)41-35(45)33(26(5)6)49-31(43)22-30(51-52(14,15)39(11,12)13)32(25(3)4)42-37(47)50-38(8,9)10/h16-20,24-27,29-30,32-33H,21-23H2,1-15H3,(H,40,44)(H,41,45)(H,42,47)/t27-,29-,30-,32+,33-/m0/s1. The van der Waals surface area contributed by atoms with Crippen LogP contribution in [-0.4, -0.2) is 74.1 Å². The summed E-state index contributed by atoms with van der Waals surface area (Å²) in [6.07, 6.45) is -2.60. The summed E-state index contributed by atoms with van der Waals surface area (Å²) < 4.78 is 23.5. The van der Waals surface area contributed by atoms with Crippen molar-refractivity contribution in [2.24, 2.45) is 17.8 Å². The van der Waals surface area contributed by atoms with Crippen LogP contribution in [-0.2, 0) is 44.4 Å². The Balaban J connectivity index is 3.19. The Morgan fingerprint density at radius 2 is 1.35 bits per heavy atom. The molecule has 0 radical (unpaired) electrons. The van der Waals surface area contributed by atoms with Gasteiger partial charge in [0.15, 0.2) is 14.4 Å². The second-order valence-corrected chi connectivity index (χ2v) is 22.0. The van der Waals surface area contributed by atoms with Crippen LogP contribution >= 0.6 is 0 Å². The lowest BCUT2D eigenvalue weighted by Gasteiger charge is -2.42. The van der Waals surface area contributed by atoms with E-state index < -0.39 is 80.0 Å². The summed E-state index contributed by atoms with van der Waals surface area (Å²) in [5, 5.41) is 8.13. The SMILES string of the molecule is CC(C)C[C@H](NC(=O)[C@@H](OC(=O)C[C@H](O[Si](C)(C)C(C)(C)C)[C@H](NC(=O)OC(C)(C)C)C(C)C)C(C)C)C(=O)N[C@@H](C)C(=O)OCc1ccccc1. The Morgan fingerprint density at radius 1 is 0.769 bits per heavy atom. The molecule has 0 bridgehead atoms. The molecule has 0 spiro atoms. The lowest BCUT2D eigenvalue weighted by molar-refractivity contribution is -0.161. The smallest absolute Gasteiger partial charge is 0.407 e. The van der Waals surface area contributed by atoms with Gasteiger partial charge in [0.1, 0.15) is 24.3 Å². The fraction of sp³-hybridized carbons (Fsp3) is 0.718. The minimum Gasteiger partial charge on any atom is -0.459 e. The third-order valence-corrected chi connectivity index (χ3v) is 13.3. The molecule has 1 aromatic carbocycles. The van der Waals surface area contributed by atoms with E-state index in [-0.39, 0.29) is 36.3 Å². The van der Waals surface area contributed by atoms with Gasteiger partial charge in [-0.05, 0) is 75.6 Å². The number of amides is 3. The van der Waals surface area contributed by atoms with E-state index in [0.29, 0.717) is 0 Å². The maximum absolute atomic E-state index is 13.7. The molecule has 1 aromatic rings. The first-order valence-corrected chi connectivity index (χ1v) is 21.3. The number of hydrogen-bond donors (Lipinski definition) is 3. The van der Waals surface area contributed by atoms with Crippen LogP contribution in [0.15, 0.2) is 30.3 Å². The Bertz CT molecular complexity index is 1320. The molecule has 0 saturated heterocycles. The average molecular weight is 750 g/mol. The minimum absolute atomic E-state index is 0.00937. The number of hydrogen-bond acceptors (Lipinski definition) is 9. The summed E-state index contributed by atoms with van der Waals surface area (Å²) in [7, 11) is -2.48. The zero-order valence-electron chi connectivity index (χ0n) is 34.3. The lowest BCUT2D eigenvalue weighted by atomic mass is 9.96. The number of ether oxygens (including phenoxy) is 3. The van der Waals surface area contributed by atoms with Gasteiger partial charge in [-0.2, -0.15) is 0 Å². The van der Waals surface area contributed by atoms with Crippen molar-refractivity contribution in [3.05, 3.63) is 35.9 Å². The summed E-state index contributed by atoms with van der Waals surface area (Å²) >= 11 is 0. The first-order valence-electron chi connectivity index (χ1n) is 18.4. The van der Waals surface area contributed by atoms with Gasteiger partial charge in [-0.3, -0.25) is 14.4 Å². The molecule has 0 aliphatic carbocycles. The highest BCUT2D eigenvalue weighted by Crippen LogP contribution is 2.38. The molecule has 0 heterocycles. The topological polar surface area (TPSA) is 158 Å². The fourth-order valence-corrected chi connectivity index (χ4v) is 6.30. The predicted octanol–water partition coefficient (Wildman–Crippen LogP) is 6.66. The van der Waals surface area contributed by atoms with Crippen LogP contribution < -0.4 is 16.0 Å². The van der Waals surface area contributed by atoms with Gasteiger partial charge in [0.05, 0.1) is 18.6 Å². The van der Waals surface area contributed by atoms with Crippen LogP contribution in [0, 0.1) is 17.8 Å². The summed E-state index contributed by atoms with van der Waals surface area (Å²) in [6, 6.07) is 6.60. The molecule has 0 aliphatic rings. The summed E-state index contributed by atoms with van der Waals surface area (Å²) in [5.74, 6) is -3.08. The highest BCUT2D eigenvalue weighted by atomic mass is 28.4. The predicted molar refractivity (Wildman–Crippen MR) is 205 cm³/mol. The molecule has 13 heteroatoms. The van der Waals surface area contributed by atoms with E-state index in [1.165, 1.54) is 6.92 Å². The van der Waals surface area contributed by atoms with Gasteiger partial charge in [-0.15, -0.1) is 0 Å². The van der Waals surface area contributed by atoms with Gasteiger partial charge >= 0.3 is 18.0 Å². The Kier molecular flexibility index (Phi) is 18.0. The molecule has 12 nitrogen and oxygen atoms in total. The van der Waals surface area contributed by atoms with Gasteiger partial charge in [-0.1, -0.05) is 92.6 Å². The first-order chi connectivity index (χ1) is 23.7. The third kappa shape index (κ3) is 16.5. The molecule has 3 N–H and O–H groups in total. The monoisotopic (exact) mass is 749 g/mol. The fourth-order valence-electron chi connectivity index (χ4n) is 4.96. The minimum atomic E-state index is -2.48. The number of carbonyl (C=O) groups excluding carboxylic acids is 5. The van der Waals surface area contributed by atoms with Gasteiger partial charge in [0, 0.05) is 0 Å². The van der Waals surface area contributed by atoms with Crippen LogP contribution in [0.2, 0.25) is 18.1 Å². The average Bonchev–Trinajstić information content (AvgIpc) is 2.98. The normalized spacial score (nSPS) is 15.3. The highest BCUT2D eigenvalue weighted by molar-refractivity contribution is 6.74. The van der Waals surface area contributed by atoms with Gasteiger partial charge < -0.3 is 34.6 Å². The van der Waals surface area contributed by atoms with E-state index >= 15 is 0 Å². The molecule has 0 aromatic heterocycles. The first kappa shape index (κ1) is 46.6. The van der Waals surface area contributed by atoms with E-state index in [2.05, 4.69) is 49.8 Å². The van der Waals surface area contributed by atoms with Crippen molar-refractivity contribution in [2.75, 3.05) is 0 Å². The zero-order chi connectivity index (χ0) is 40.2. The number of benzene rings is 1.